The quantitative estimate of drug-likeness (QED) is 0.616. The number of hydrogen-bond acceptors (Lipinski definition) is 6. The first kappa shape index (κ1) is 20.5. The molecular formula is C23H28N4O3. The SMILES string of the molecule is CCCOC1CCN(Cc2cccc(OCc3nc4cnccc4c(=O)[nH]3)c2)CC1. The number of H-pyrrole nitrogens is 1. The average Bonchev–Trinajstić information content (AvgIpc) is 2.78. The summed E-state index contributed by atoms with van der Waals surface area (Å²) in [6, 6.07) is 9.76. The van der Waals surface area contributed by atoms with Gasteiger partial charge in [0.25, 0.3) is 5.56 Å². The summed E-state index contributed by atoms with van der Waals surface area (Å²) in [4.78, 5) is 25.9. The Morgan fingerprint density at radius 2 is 2.10 bits per heavy atom. The van der Waals surface area contributed by atoms with Crippen molar-refractivity contribution in [3.8, 4) is 5.75 Å². The van der Waals surface area contributed by atoms with E-state index in [1.807, 2.05) is 12.1 Å². The fourth-order valence-electron chi connectivity index (χ4n) is 3.77. The topological polar surface area (TPSA) is 80.3 Å². The first-order valence-electron chi connectivity index (χ1n) is 10.6. The molecule has 3 aromatic rings. The van der Waals surface area contributed by atoms with Gasteiger partial charge in [0.15, 0.2) is 0 Å². The summed E-state index contributed by atoms with van der Waals surface area (Å²) >= 11 is 0. The van der Waals surface area contributed by atoms with E-state index in [0.717, 1.165) is 51.3 Å². The monoisotopic (exact) mass is 408 g/mol. The Morgan fingerprint density at radius 1 is 1.23 bits per heavy atom. The highest BCUT2D eigenvalue weighted by Gasteiger charge is 2.19. The van der Waals surface area contributed by atoms with Crippen LogP contribution in [0.4, 0.5) is 0 Å². The molecule has 1 aliphatic heterocycles. The summed E-state index contributed by atoms with van der Waals surface area (Å²) in [5, 5.41) is 0.527. The number of ether oxygens (including phenoxy) is 2. The number of aromatic amines is 1. The lowest BCUT2D eigenvalue weighted by molar-refractivity contribution is 0.00625. The third kappa shape index (κ3) is 5.23. The molecule has 2 aromatic heterocycles. The largest absolute Gasteiger partial charge is 0.486 e. The number of pyridine rings is 1. The third-order valence-electron chi connectivity index (χ3n) is 5.33. The Balaban J connectivity index is 1.33. The van der Waals surface area contributed by atoms with Gasteiger partial charge in [0.1, 0.15) is 18.2 Å². The Labute approximate surface area is 176 Å². The zero-order valence-corrected chi connectivity index (χ0v) is 17.3. The molecular weight excluding hydrogens is 380 g/mol. The standard InChI is InChI=1S/C23H28N4O3/c1-2-12-29-18-7-10-27(11-8-18)15-17-4-3-5-19(13-17)30-16-22-25-21-14-24-9-6-20(21)23(28)26-22/h3-6,9,13-14,18H,2,7-8,10-12,15-16H2,1H3,(H,25,26,28). The van der Waals surface area contributed by atoms with Crippen molar-refractivity contribution >= 4 is 10.9 Å². The molecule has 7 heteroatoms. The second-order valence-electron chi connectivity index (χ2n) is 7.69. The molecule has 30 heavy (non-hydrogen) atoms. The molecule has 0 unspecified atom stereocenters. The molecule has 158 valence electrons. The lowest BCUT2D eigenvalue weighted by Gasteiger charge is -2.31. The van der Waals surface area contributed by atoms with Crippen LogP contribution in [-0.4, -0.2) is 45.7 Å². The van der Waals surface area contributed by atoms with E-state index in [4.69, 9.17) is 9.47 Å². The van der Waals surface area contributed by atoms with Crippen LogP contribution in [0.5, 0.6) is 5.75 Å². The third-order valence-corrected chi connectivity index (χ3v) is 5.33. The number of hydrogen-bond donors (Lipinski definition) is 1. The van der Waals surface area contributed by atoms with Crippen LogP contribution in [-0.2, 0) is 17.9 Å². The van der Waals surface area contributed by atoms with Crippen molar-refractivity contribution in [2.75, 3.05) is 19.7 Å². The van der Waals surface area contributed by atoms with Crippen molar-refractivity contribution < 1.29 is 9.47 Å². The molecule has 3 heterocycles. The number of fused-ring (bicyclic) bond motifs is 1. The lowest BCUT2D eigenvalue weighted by Crippen LogP contribution is -2.36. The van der Waals surface area contributed by atoms with Crippen molar-refractivity contribution in [3.63, 3.8) is 0 Å². The molecule has 4 rings (SSSR count). The zero-order chi connectivity index (χ0) is 20.8. The van der Waals surface area contributed by atoms with E-state index in [0.29, 0.717) is 22.8 Å². The zero-order valence-electron chi connectivity index (χ0n) is 17.3. The molecule has 1 saturated heterocycles. The van der Waals surface area contributed by atoms with Crippen LogP contribution < -0.4 is 10.3 Å². The predicted molar refractivity (Wildman–Crippen MR) is 115 cm³/mol. The van der Waals surface area contributed by atoms with E-state index in [-0.39, 0.29) is 12.2 Å². The minimum Gasteiger partial charge on any atom is -0.486 e. The van der Waals surface area contributed by atoms with Gasteiger partial charge in [0.2, 0.25) is 0 Å². The number of benzene rings is 1. The molecule has 0 bridgehead atoms. The first-order chi connectivity index (χ1) is 14.7. The van der Waals surface area contributed by atoms with E-state index in [9.17, 15) is 4.79 Å². The van der Waals surface area contributed by atoms with Crippen LogP contribution in [0, 0.1) is 0 Å². The molecule has 1 aliphatic rings. The summed E-state index contributed by atoms with van der Waals surface area (Å²) in [7, 11) is 0. The summed E-state index contributed by atoms with van der Waals surface area (Å²) in [6.07, 6.45) is 6.83. The summed E-state index contributed by atoms with van der Waals surface area (Å²) in [5.74, 6) is 1.25. The smallest absolute Gasteiger partial charge is 0.258 e. The van der Waals surface area contributed by atoms with E-state index >= 15 is 0 Å². The van der Waals surface area contributed by atoms with Crippen molar-refractivity contribution in [2.45, 2.75) is 45.4 Å². The minimum atomic E-state index is -0.180. The first-order valence-corrected chi connectivity index (χ1v) is 10.6. The van der Waals surface area contributed by atoms with E-state index < -0.39 is 0 Å². The number of nitrogens with zero attached hydrogens (tertiary/aromatic N) is 3. The van der Waals surface area contributed by atoms with Gasteiger partial charge in [-0.3, -0.25) is 14.7 Å². The second kappa shape index (κ2) is 9.82. The lowest BCUT2D eigenvalue weighted by atomic mass is 10.1. The van der Waals surface area contributed by atoms with Crippen LogP contribution in [0.1, 0.15) is 37.6 Å². The van der Waals surface area contributed by atoms with E-state index in [1.165, 1.54) is 5.56 Å². The minimum absolute atomic E-state index is 0.180. The van der Waals surface area contributed by atoms with Gasteiger partial charge >= 0.3 is 0 Å². The Kier molecular flexibility index (Phi) is 6.71. The Hall–Kier alpha value is -2.77. The summed E-state index contributed by atoms with van der Waals surface area (Å²) in [6.45, 7) is 6.20. The average molecular weight is 409 g/mol. The maximum absolute atomic E-state index is 12.2. The molecule has 0 amide bonds. The van der Waals surface area contributed by atoms with E-state index in [2.05, 4.69) is 38.9 Å². The van der Waals surface area contributed by atoms with Crippen LogP contribution >= 0.6 is 0 Å². The molecule has 0 saturated carbocycles. The predicted octanol–water partition coefficient (Wildman–Crippen LogP) is 3.29. The summed E-state index contributed by atoms with van der Waals surface area (Å²) in [5.41, 5.74) is 1.60. The summed E-state index contributed by atoms with van der Waals surface area (Å²) < 4.78 is 11.8. The van der Waals surface area contributed by atoms with Crippen LogP contribution in [0.2, 0.25) is 0 Å². The molecule has 7 nitrogen and oxygen atoms in total. The van der Waals surface area contributed by atoms with Gasteiger partial charge in [0.05, 0.1) is 23.2 Å². The molecule has 0 aliphatic carbocycles. The normalized spacial score (nSPS) is 15.5. The van der Waals surface area contributed by atoms with Gasteiger partial charge in [-0.1, -0.05) is 19.1 Å². The molecule has 1 fully saturated rings. The molecule has 0 spiro atoms. The molecule has 1 aromatic carbocycles. The molecule has 1 N–H and O–H groups in total. The molecule has 0 radical (unpaired) electrons. The fraction of sp³-hybridized carbons (Fsp3) is 0.435. The molecule has 0 atom stereocenters. The highest BCUT2D eigenvalue weighted by Crippen LogP contribution is 2.20. The maximum Gasteiger partial charge on any atom is 0.258 e. The van der Waals surface area contributed by atoms with Crippen LogP contribution in [0.25, 0.3) is 10.9 Å². The van der Waals surface area contributed by atoms with Gasteiger partial charge in [-0.15, -0.1) is 0 Å². The van der Waals surface area contributed by atoms with Gasteiger partial charge < -0.3 is 14.5 Å². The number of likely N-dealkylation sites (tertiary alicyclic amines) is 1. The van der Waals surface area contributed by atoms with Crippen molar-refractivity contribution in [1.29, 1.82) is 0 Å². The Bertz CT molecular complexity index is 1030. The van der Waals surface area contributed by atoms with Crippen LogP contribution in [0.3, 0.4) is 0 Å². The van der Waals surface area contributed by atoms with Crippen molar-refractivity contribution in [3.05, 3.63) is 64.5 Å². The number of rotatable bonds is 8. The van der Waals surface area contributed by atoms with Crippen molar-refractivity contribution in [2.24, 2.45) is 0 Å². The second-order valence-corrected chi connectivity index (χ2v) is 7.69. The fourth-order valence-corrected chi connectivity index (χ4v) is 3.77. The van der Waals surface area contributed by atoms with Crippen LogP contribution in [0.15, 0.2) is 47.5 Å². The van der Waals surface area contributed by atoms with Crippen molar-refractivity contribution in [1.82, 2.24) is 19.9 Å². The number of nitrogens with one attached hydrogen (secondary N) is 1. The van der Waals surface area contributed by atoms with Gasteiger partial charge in [-0.2, -0.15) is 0 Å². The number of aromatic nitrogens is 3. The van der Waals surface area contributed by atoms with Gasteiger partial charge in [-0.25, -0.2) is 4.98 Å². The Morgan fingerprint density at radius 3 is 2.93 bits per heavy atom. The van der Waals surface area contributed by atoms with E-state index in [1.54, 1.807) is 18.5 Å². The highest BCUT2D eigenvalue weighted by atomic mass is 16.5. The van der Waals surface area contributed by atoms with Gasteiger partial charge in [0, 0.05) is 32.4 Å². The highest BCUT2D eigenvalue weighted by molar-refractivity contribution is 5.75. The van der Waals surface area contributed by atoms with Gasteiger partial charge in [-0.05, 0) is 43.0 Å². The number of piperidine rings is 1. The maximum atomic E-state index is 12.2.